The van der Waals surface area contributed by atoms with E-state index in [-0.39, 0.29) is 10.9 Å². The molecule has 1 N–H and O–H groups in total. The topological polar surface area (TPSA) is 55.4 Å². The van der Waals surface area contributed by atoms with E-state index in [0.29, 0.717) is 23.4 Å². The maximum absolute atomic E-state index is 12.0. The summed E-state index contributed by atoms with van der Waals surface area (Å²) in [5, 5.41) is 2.98. The quantitative estimate of drug-likeness (QED) is 0.875. The van der Waals surface area contributed by atoms with Crippen LogP contribution >= 0.6 is 11.6 Å². The van der Waals surface area contributed by atoms with Gasteiger partial charge in [0.15, 0.2) is 0 Å². The summed E-state index contributed by atoms with van der Waals surface area (Å²) in [6.07, 6.45) is 0. The number of anilines is 1. The smallest absolute Gasteiger partial charge is 0.338 e. The van der Waals surface area contributed by atoms with Crippen LogP contribution < -0.4 is 5.32 Å². The number of halogens is 1. The van der Waals surface area contributed by atoms with Crippen molar-refractivity contribution >= 4 is 29.2 Å². The zero-order chi connectivity index (χ0) is 15.2. The molecule has 0 saturated heterocycles. The predicted molar refractivity (Wildman–Crippen MR) is 81.8 cm³/mol. The molecule has 0 saturated carbocycles. The molecular weight excluding hydrogens is 290 g/mol. The van der Waals surface area contributed by atoms with Crippen molar-refractivity contribution in [3.05, 3.63) is 64.7 Å². The van der Waals surface area contributed by atoms with E-state index in [1.807, 2.05) is 6.07 Å². The maximum Gasteiger partial charge on any atom is 0.338 e. The Balaban J connectivity index is 2.15. The Morgan fingerprint density at radius 2 is 1.81 bits per heavy atom. The van der Waals surface area contributed by atoms with E-state index in [1.165, 1.54) is 6.07 Å². The number of hydrogen-bond acceptors (Lipinski definition) is 3. The fourth-order valence-electron chi connectivity index (χ4n) is 1.74. The van der Waals surface area contributed by atoms with E-state index >= 15 is 0 Å². The highest BCUT2D eigenvalue weighted by atomic mass is 35.5. The summed E-state index contributed by atoms with van der Waals surface area (Å²) >= 11 is 6.08. The highest BCUT2D eigenvalue weighted by Gasteiger charge is 2.12. The number of carbonyl (C=O) groups excluding carboxylic acids is 2. The lowest BCUT2D eigenvalue weighted by molar-refractivity contribution is 0.0526. The molecule has 108 valence electrons. The number of carbonyl (C=O) groups is 2. The number of nitrogens with one attached hydrogen (secondary N) is 1. The minimum Gasteiger partial charge on any atom is -0.462 e. The Morgan fingerprint density at radius 3 is 2.43 bits per heavy atom. The molecule has 0 aliphatic rings. The lowest BCUT2D eigenvalue weighted by atomic mass is 10.2. The van der Waals surface area contributed by atoms with Gasteiger partial charge in [-0.05, 0) is 37.3 Å². The summed E-state index contributed by atoms with van der Waals surface area (Å²) in [5.74, 6) is -0.707. The van der Waals surface area contributed by atoms with Crippen molar-refractivity contribution in [1.29, 1.82) is 0 Å². The van der Waals surface area contributed by atoms with Crippen molar-refractivity contribution in [3.8, 4) is 0 Å². The zero-order valence-electron chi connectivity index (χ0n) is 11.4. The molecule has 5 heteroatoms. The van der Waals surface area contributed by atoms with Gasteiger partial charge in [-0.15, -0.1) is 0 Å². The van der Waals surface area contributed by atoms with Crippen LogP contribution in [0.5, 0.6) is 0 Å². The maximum atomic E-state index is 12.0. The summed E-state index contributed by atoms with van der Waals surface area (Å²) in [6, 6.07) is 13.4. The third-order valence-corrected chi connectivity index (χ3v) is 3.08. The summed E-state index contributed by atoms with van der Waals surface area (Å²) in [5.41, 5.74) is 1.32. The normalized spacial score (nSPS) is 10.0. The fraction of sp³-hybridized carbons (Fsp3) is 0.125. The van der Waals surface area contributed by atoms with Gasteiger partial charge in [-0.2, -0.15) is 0 Å². The number of hydrogen-bond donors (Lipinski definition) is 1. The van der Waals surface area contributed by atoms with Gasteiger partial charge in [-0.25, -0.2) is 4.79 Å². The summed E-state index contributed by atoms with van der Waals surface area (Å²) in [7, 11) is 0. The van der Waals surface area contributed by atoms with Crippen molar-refractivity contribution in [2.75, 3.05) is 11.9 Å². The van der Waals surface area contributed by atoms with E-state index in [9.17, 15) is 9.59 Å². The first-order valence-electron chi connectivity index (χ1n) is 6.45. The van der Waals surface area contributed by atoms with Crippen LogP contribution in [-0.2, 0) is 4.74 Å². The first-order chi connectivity index (χ1) is 10.1. The van der Waals surface area contributed by atoms with Crippen molar-refractivity contribution < 1.29 is 14.3 Å². The van der Waals surface area contributed by atoms with Gasteiger partial charge in [-0.3, -0.25) is 4.79 Å². The Morgan fingerprint density at radius 1 is 1.10 bits per heavy atom. The number of esters is 1. The molecule has 0 fully saturated rings. The largest absolute Gasteiger partial charge is 0.462 e. The first kappa shape index (κ1) is 15.1. The van der Waals surface area contributed by atoms with Crippen molar-refractivity contribution in [2.24, 2.45) is 0 Å². The average Bonchev–Trinajstić information content (AvgIpc) is 2.50. The molecule has 0 aromatic heterocycles. The van der Waals surface area contributed by atoms with Gasteiger partial charge in [0.2, 0.25) is 0 Å². The number of ether oxygens (including phenoxy) is 1. The predicted octanol–water partition coefficient (Wildman–Crippen LogP) is 3.77. The summed E-state index contributed by atoms with van der Waals surface area (Å²) in [6.45, 7) is 2.02. The van der Waals surface area contributed by atoms with Gasteiger partial charge in [0.1, 0.15) is 0 Å². The fourth-order valence-corrected chi connectivity index (χ4v) is 1.97. The molecule has 0 radical (unpaired) electrons. The SMILES string of the molecule is CCOC(=O)c1ccc(NC(=O)c2ccccc2)c(Cl)c1. The van der Waals surface area contributed by atoms with E-state index in [4.69, 9.17) is 16.3 Å². The molecule has 1 amide bonds. The van der Waals surface area contributed by atoms with Crippen molar-refractivity contribution in [3.63, 3.8) is 0 Å². The van der Waals surface area contributed by atoms with Crippen LogP contribution in [-0.4, -0.2) is 18.5 Å². The van der Waals surface area contributed by atoms with Gasteiger partial charge < -0.3 is 10.1 Å². The Labute approximate surface area is 127 Å². The van der Waals surface area contributed by atoms with Gasteiger partial charge in [0.05, 0.1) is 22.9 Å². The Hall–Kier alpha value is -2.33. The van der Waals surface area contributed by atoms with E-state index in [1.54, 1.807) is 43.3 Å². The molecule has 2 aromatic carbocycles. The van der Waals surface area contributed by atoms with E-state index in [2.05, 4.69) is 5.32 Å². The molecule has 0 spiro atoms. The van der Waals surface area contributed by atoms with Crippen LogP contribution in [0.15, 0.2) is 48.5 Å². The minimum absolute atomic E-state index is 0.263. The van der Waals surface area contributed by atoms with Crippen LogP contribution in [0.2, 0.25) is 5.02 Å². The molecule has 4 nitrogen and oxygen atoms in total. The molecule has 0 bridgehead atoms. The highest BCUT2D eigenvalue weighted by Crippen LogP contribution is 2.24. The van der Waals surface area contributed by atoms with Crippen LogP contribution in [0.25, 0.3) is 0 Å². The standard InChI is InChI=1S/C16H14ClNO3/c1-2-21-16(20)12-8-9-14(13(17)10-12)18-15(19)11-6-4-3-5-7-11/h3-10H,2H2,1H3,(H,18,19). The number of rotatable bonds is 4. The van der Waals surface area contributed by atoms with Crippen LogP contribution in [0, 0.1) is 0 Å². The summed E-state index contributed by atoms with van der Waals surface area (Å²) in [4.78, 5) is 23.6. The Bertz CT molecular complexity index is 656. The van der Waals surface area contributed by atoms with Crippen LogP contribution in [0.1, 0.15) is 27.6 Å². The van der Waals surface area contributed by atoms with Crippen LogP contribution in [0.3, 0.4) is 0 Å². The molecule has 0 unspecified atom stereocenters. The van der Waals surface area contributed by atoms with E-state index in [0.717, 1.165) is 0 Å². The highest BCUT2D eigenvalue weighted by molar-refractivity contribution is 6.34. The van der Waals surface area contributed by atoms with Gasteiger partial charge in [0, 0.05) is 5.56 Å². The van der Waals surface area contributed by atoms with Crippen molar-refractivity contribution in [2.45, 2.75) is 6.92 Å². The summed E-state index contributed by atoms with van der Waals surface area (Å²) < 4.78 is 4.89. The van der Waals surface area contributed by atoms with Gasteiger partial charge >= 0.3 is 5.97 Å². The minimum atomic E-state index is -0.444. The van der Waals surface area contributed by atoms with Gasteiger partial charge in [0.25, 0.3) is 5.91 Å². The van der Waals surface area contributed by atoms with Crippen molar-refractivity contribution in [1.82, 2.24) is 0 Å². The lowest BCUT2D eigenvalue weighted by Crippen LogP contribution is -2.12. The second-order valence-electron chi connectivity index (χ2n) is 4.24. The lowest BCUT2D eigenvalue weighted by Gasteiger charge is -2.09. The van der Waals surface area contributed by atoms with Crippen LogP contribution in [0.4, 0.5) is 5.69 Å². The third-order valence-electron chi connectivity index (χ3n) is 2.76. The number of benzene rings is 2. The first-order valence-corrected chi connectivity index (χ1v) is 6.82. The molecule has 0 heterocycles. The second-order valence-corrected chi connectivity index (χ2v) is 4.64. The molecule has 0 aliphatic carbocycles. The molecule has 21 heavy (non-hydrogen) atoms. The molecule has 2 rings (SSSR count). The Kier molecular flexibility index (Phi) is 4.95. The molecular formula is C16H14ClNO3. The molecule has 0 atom stereocenters. The third kappa shape index (κ3) is 3.83. The molecule has 2 aromatic rings. The number of amides is 1. The average molecular weight is 304 g/mol. The zero-order valence-corrected chi connectivity index (χ0v) is 12.2. The monoisotopic (exact) mass is 303 g/mol. The molecule has 0 aliphatic heterocycles. The second kappa shape index (κ2) is 6.90. The van der Waals surface area contributed by atoms with E-state index < -0.39 is 5.97 Å². The van der Waals surface area contributed by atoms with Gasteiger partial charge in [-0.1, -0.05) is 29.8 Å².